The molecule has 0 aromatic heterocycles. The molecular formula is C11H11ClF4. The lowest BCUT2D eigenvalue weighted by Gasteiger charge is -2.21. The first-order valence-corrected chi connectivity index (χ1v) is 5.07. The number of hydrogen-bond acceptors (Lipinski definition) is 0. The first-order chi connectivity index (χ1) is 7.26. The first kappa shape index (κ1) is 13.3. The molecule has 0 aliphatic rings. The smallest absolute Gasteiger partial charge is 0.204 e. The molecule has 5 heteroatoms. The Bertz CT molecular complexity index is 376. The largest absolute Gasteiger partial charge is 0.327 e. The Morgan fingerprint density at radius 2 is 1.69 bits per heavy atom. The third-order valence-electron chi connectivity index (χ3n) is 2.45. The van der Waals surface area contributed by atoms with Crippen LogP contribution in [0.3, 0.4) is 0 Å². The summed E-state index contributed by atoms with van der Waals surface area (Å²) in [6, 6.07) is 4.33. The molecule has 1 atom stereocenters. The maximum Gasteiger partial charge on any atom is 0.327 e. The number of aryl methyl sites for hydroxylation is 2. The molecule has 0 amide bonds. The molecule has 0 bridgehead atoms. The Morgan fingerprint density at radius 1 is 1.12 bits per heavy atom. The van der Waals surface area contributed by atoms with Gasteiger partial charge in [-0.2, -0.15) is 8.78 Å². The molecule has 0 fully saturated rings. The zero-order valence-electron chi connectivity index (χ0n) is 8.78. The lowest BCUT2D eigenvalue weighted by molar-refractivity contribution is -0.130. The molecule has 1 rings (SSSR count). The minimum absolute atomic E-state index is 0.00932. The van der Waals surface area contributed by atoms with E-state index in [1.54, 1.807) is 19.9 Å². The zero-order chi connectivity index (χ0) is 12.5. The van der Waals surface area contributed by atoms with Gasteiger partial charge in [0.2, 0.25) is 0 Å². The number of hydrogen-bond donors (Lipinski definition) is 0. The molecule has 0 radical (unpaired) electrons. The van der Waals surface area contributed by atoms with Crippen molar-refractivity contribution in [3.63, 3.8) is 0 Å². The Kier molecular flexibility index (Phi) is 3.84. The van der Waals surface area contributed by atoms with Crippen molar-refractivity contribution in [2.75, 3.05) is 0 Å². The van der Waals surface area contributed by atoms with Crippen LogP contribution < -0.4 is 0 Å². The molecule has 90 valence electrons. The molecule has 0 spiro atoms. The minimum Gasteiger partial charge on any atom is -0.204 e. The number of benzene rings is 1. The predicted octanol–water partition coefficient (Wildman–Crippen LogP) is 4.48. The summed E-state index contributed by atoms with van der Waals surface area (Å²) in [4.78, 5) is 0. The van der Waals surface area contributed by atoms with Crippen LogP contribution in [0.4, 0.5) is 17.6 Å². The summed E-state index contributed by atoms with van der Waals surface area (Å²) in [5.41, 5.74) is 1.65. The van der Waals surface area contributed by atoms with Crippen molar-refractivity contribution in [1.82, 2.24) is 0 Å². The minimum atomic E-state index is -4.22. The summed E-state index contributed by atoms with van der Waals surface area (Å²) in [7, 11) is 0. The predicted molar refractivity (Wildman–Crippen MR) is 55.5 cm³/mol. The topological polar surface area (TPSA) is 0 Å². The van der Waals surface area contributed by atoms with Gasteiger partial charge in [-0.05, 0) is 30.5 Å². The monoisotopic (exact) mass is 254 g/mol. The first-order valence-electron chi connectivity index (χ1n) is 4.64. The molecule has 16 heavy (non-hydrogen) atoms. The average molecular weight is 255 g/mol. The molecule has 0 nitrogen and oxygen atoms in total. The van der Waals surface area contributed by atoms with Gasteiger partial charge in [0.05, 0.1) is 0 Å². The van der Waals surface area contributed by atoms with Gasteiger partial charge in [0.15, 0.2) is 0 Å². The van der Waals surface area contributed by atoms with Crippen molar-refractivity contribution < 1.29 is 17.6 Å². The Morgan fingerprint density at radius 3 is 2.12 bits per heavy atom. The van der Waals surface area contributed by atoms with E-state index in [0.717, 1.165) is 11.1 Å². The van der Waals surface area contributed by atoms with Gasteiger partial charge in [0, 0.05) is 0 Å². The van der Waals surface area contributed by atoms with E-state index >= 15 is 0 Å². The van der Waals surface area contributed by atoms with Gasteiger partial charge in [-0.3, -0.25) is 0 Å². The molecule has 1 aromatic carbocycles. The van der Waals surface area contributed by atoms with E-state index in [1.165, 1.54) is 12.1 Å². The summed E-state index contributed by atoms with van der Waals surface area (Å²) < 4.78 is 50.1. The van der Waals surface area contributed by atoms with Crippen LogP contribution in [-0.2, 0) is 0 Å². The standard InChI is InChI=1S/C11H11ClF4/c1-6-3-4-8(5-7(6)2)9(12)11(15,16)10(13)14/h3-5,9-10H,1-2H3. The average Bonchev–Trinajstić information content (AvgIpc) is 2.20. The van der Waals surface area contributed by atoms with Gasteiger partial charge >= 0.3 is 12.3 Å². The van der Waals surface area contributed by atoms with Gasteiger partial charge < -0.3 is 0 Å². The van der Waals surface area contributed by atoms with Gasteiger partial charge in [0.25, 0.3) is 0 Å². The van der Waals surface area contributed by atoms with Gasteiger partial charge in [0.1, 0.15) is 5.38 Å². The fourth-order valence-electron chi connectivity index (χ4n) is 1.26. The van der Waals surface area contributed by atoms with Crippen LogP contribution >= 0.6 is 11.6 Å². The van der Waals surface area contributed by atoms with Crippen LogP contribution in [0.1, 0.15) is 22.1 Å². The van der Waals surface area contributed by atoms with Gasteiger partial charge in [-0.1, -0.05) is 18.2 Å². The van der Waals surface area contributed by atoms with E-state index in [0.29, 0.717) is 0 Å². The van der Waals surface area contributed by atoms with Crippen LogP contribution in [-0.4, -0.2) is 12.3 Å². The van der Waals surface area contributed by atoms with Crippen molar-refractivity contribution in [3.8, 4) is 0 Å². The van der Waals surface area contributed by atoms with Crippen LogP contribution in [0, 0.1) is 13.8 Å². The lowest BCUT2D eigenvalue weighted by atomic mass is 10.0. The second-order valence-corrected chi connectivity index (χ2v) is 4.12. The summed E-state index contributed by atoms with van der Waals surface area (Å²) in [6.07, 6.45) is -3.77. The van der Waals surface area contributed by atoms with Gasteiger partial charge in [-0.15, -0.1) is 11.6 Å². The van der Waals surface area contributed by atoms with E-state index < -0.39 is 17.7 Å². The molecule has 1 unspecified atom stereocenters. The Hall–Kier alpha value is -0.770. The van der Waals surface area contributed by atoms with E-state index in [-0.39, 0.29) is 5.56 Å². The fourth-order valence-corrected chi connectivity index (χ4v) is 1.49. The Balaban J connectivity index is 3.05. The number of halogens is 5. The molecule has 0 aliphatic carbocycles. The van der Waals surface area contributed by atoms with E-state index in [9.17, 15) is 17.6 Å². The highest BCUT2D eigenvalue weighted by Gasteiger charge is 2.48. The van der Waals surface area contributed by atoms with E-state index in [1.807, 2.05) is 0 Å². The van der Waals surface area contributed by atoms with Crippen LogP contribution in [0.25, 0.3) is 0 Å². The maximum absolute atomic E-state index is 13.0. The quantitative estimate of drug-likeness (QED) is 0.551. The lowest BCUT2D eigenvalue weighted by Crippen LogP contribution is -2.31. The third-order valence-corrected chi connectivity index (χ3v) is 3.00. The third kappa shape index (κ3) is 2.48. The van der Waals surface area contributed by atoms with E-state index in [4.69, 9.17) is 11.6 Å². The normalized spacial score (nSPS) is 14.2. The van der Waals surface area contributed by atoms with Crippen LogP contribution in [0.5, 0.6) is 0 Å². The van der Waals surface area contributed by atoms with Crippen molar-refractivity contribution >= 4 is 11.6 Å². The summed E-state index contributed by atoms with van der Waals surface area (Å²) in [5, 5.41) is -2.01. The summed E-state index contributed by atoms with van der Waals surface area (Å²) in [6.45, 7) is 3.51. The highest BCUT2D eigenvalue weighted by Crippen LogP contribution is 2.41. The number of rotatable bonds is 3. The summed E-state index contributed by atoms with van der Waals surface area (Å²) in [5.74, 6) is -4.22. The van der Waals surface area contributed by atoms with Crippen LogP contribution in [0.2, 0.25) is 0 Å². The molecular weight excluding hydrogens is 244 g/mol. The SMILES string of the molecule is Cc1ccc(C(Cl)C(F)(F)C(F)F)cc1C. The molecule has 0 aliphatic heterocycles. The highest BCUT2D eigenvalue weighted by molar-refractivity contribution is 6.21. The fraction of sp³-hybridized carbons (Fsp3) is 0.455. The van der Waals surface area contributed by atoms with Crippen molar-refractivity contribution in [1.29, 1.82) is 0 Å². The second kappa shape index (κ2) is 4.62. The van der Waals surface area contributed by atoms with Crippen molar-refractivity contribution in [2.24, 2.45) is 0 Å². The van der Waals surface area contributed by atoms with Gasteiger partial charge in [-0.25, -0.2) is 8.78 Å². The van der Waals surface area contributed by atoms with Crippen LogP contribution in [0.15, 0.2) is 18.2 Å². The van der Waals surface area contributed by atoms with Crippen molar-refractivity contribution in [3.05, 3.63) is 34.9 Å². The Labute approximate surface area is 96.2 Å². The maximum atomic E-state index is 13.0. The molecule has 0 saturated carbocycles. The highest BCUT2D eigenvalue weighted by atomic mass is 35.5. The zero-order valence-corrected chi connectivity index (χ0v) is 9.53. The van der Waals surface area contributed by atoms with E-state index in [2.05, 4.69) is 0 Å². The molecule has 0 heterocycles. The molecule has 0 saturated heterocycles. The van der Waals surface area contributed by atoms with Crippen molar-refractivity contribution in [2.45, 2.75) is 31.6 Å². The second-order valence-electron chi connectivity index (χ2n) is 3.68. The number of alkyl halides is 5. The molecule has 0 N–H and O–H groups in total. The summed E-state index contributed by atoms with van der Waals surface area (Å²) >= 11 is 5.39. The molecule has 1 aromatic rings.